The molecule has 0 bridgehead atoms. The van der Waals surface area contributed by atoms with Gasteiger partial charge in [0.25, 0.3) is 0 Å². The Morgan fingerprint density at radius 3 is 2.68 bits per heavy atom. The molecule has 2 aromatic rings. The lowest BCUT2D eigenvalue weighted by Crippen LogP contribution is -2.00. The number of halogens is 2. The fraction of sp³-hybridized carbons (Fsp3) is 0.154. The van der Waals surface area contributed by atoms with Crippen molar-refractivity contribution in [3.63, 3.8) is 0 Å². The number of aryl methyl sites for hydroxylation is 1. The van der Waals surface area contributed by atoms with Crippen molar-refractivity contribution in [1.82, 2.24) is 9.97 Å². The number of carboxylic acid groups (broad SMARTS) is 1. The molecule has 1 N–H and O–H groups in total. The van der Waals surface area contributed by atoms with Crippen molar-refractivity contribution < 1.29 is 14.3 Å². The minimum Gasteiger partial charge on any atom is -0.478 e. The van der Waals surface area contributed by atoms with E-state index in [4.69, 9.17) is 16.7 Å². The van der Waals surface area contributed by atoms with E-state index < -0.39 is 11.8 Å². The maximum absolute atomic E-state index is 13.4. The second-order valence-electron chi connectivity index (χ2n) is 3.88. The van der Waals surface area contributed by atoms with E-state index in [0.717, 1.165) is 6.07 Å². The standard InChI is InChI=1S/C13H10ClFN2O2/c1-2-12-16-10(6-11(14)17-12)7-3-8(13(18)19)5-9(15)4-7/h3-6H,2H2,1H3,(H,18,19). The van der Waals surface area contributed by atoms with Crippen molar-refractivity contribution in [2.75, 3.05) is 0 Å². The summed E-state index contributed by atoms with van der Waals surface area (Å²) in [7, 11) is 0. The summed E-state index contributed by atoms with van der Waals surface area (Å²) in [5.41, 5.74) is 0.623. The third-order valence-electron chi connectivity index (χ3n) is 2.50. The summed E-state index contributed by atoms with van der Waals surface area (Å²) >= 11 is 5.86. The van der Waals surface area contributed by atoms with Crippen molar-refractivity contribution in [2.24, 2.45) is 0 Å². The highest BCUT2D eigenvalue weighted by atomic mass is 35.5. The van der Waals surface area contributed by atoms with Gasteiger partial charge in [-0.1, -0.05) is 18.5 Å². The molecule has 0 unspecified atom stereocenters. The van der Waals surface area contributed by atoms with Gasteiger partial charge in [0.2, 0.25) is 0 Å². The van der Waals surface area contributed by atoms with Crippen molar-refractivity contribution in [3.8, 4) is 11.3 Å². The Morgan fingerprint density at radius 1 is 1.32 bits per heavy atom. The number of nitrogens with zero attached hydrogens (tertiary/aromatic N) is 2. The predicted molar refractivity (Wildman–Crippen MR) is 68.8 cm³/mol. The fourth-order valence-corrected chi connectivity index (χ4v) is 1.83. The zero-order valence-corrected chi connectivity index (χ0v) is 10.8. The number of aromatic nitrogens is 2. The first-order valence-corrected chi connectivity index (χ1v) is 5.95. The van der Waals surface area contributed by atoms with Gasteiger partial charge in [-0.25, -0.2) is 19.2 Å². The van der Waals surface area contributed by atoms with Crippen LogP contribution in [0.2, 0.25) is 5.15 Å². The minimum atomic E-state index is -1.20. The average molecular weight is 281 g/mol. The van der Waals surface area contributed by atoms with Crippen LogP contribution in [0.25, 0.3) is 11.3 Å². The Hall–Kier alpha value is -2.01. The molecule has 0 saturated carbocycles. The molecule has 1 aromatic heterocycles. The summed E-state index contributed by atoms with van der Waals surface area (Å²) < 4.78 is 13.4. The first-order chi connectivity index (χ1) is 8.99. The van der Waals surface area contributed by atoms with E-state index in [9.17, 15) is 9.18 Å². The summed E-state index contributed by atoms with van der Waals surface area (Å²) in [6.07, 6.45) is 0.578. The number of carboxylic acids is 1. The summed E-state index contributed by atoms with van der Waals surface area (Å²) in [6, 6.07) is 4.99. The molecular weight excluding hydrogens is 271 g/mol. The third kappa shape index (κ3) is 3.06. The molecule has 1 aromatic carbocycles. The van der Waals surface area contributed by atoms with E-state index in [1.165, 1.54) is 18.2 Å². The Labute approximate surface area is 113 Å². The largest absolute Gasteiger partial charge is 0.478 e. The average Bonchev–Trinajstić information content (AvgIpc) is 2.37. The van der Waals surface area contributed by atoms with Gasteiger partial charge < -0.3 is 5.11 Å². The Kier molecular flexibility index (Phi) is 3.76. The van der Waals surface area contributed by atoms with Crippen LogP contribution in [0.15, 0.2) is 24.3 Å². The number of hydrogen-bond acceptors (Lipinski definition) is 3. The minimum absolute atomic E-state index is 0.136. The molecule has 0 atom stereocenters. The zero-order chi connectivity index (χ0) is 14.0. The smallest absolute Gasteiger partial charge is 0.335 e. The third-order valence-corrected chi connectivity index (χ3v) is 2.69. The van der Waals surface area contributed by atoms with Crippen LogP contribution in [-0.2, 0) is 6.42 Å². The number of aromatic carboxylic acids is 1. The Balaban J connectivity index is 2.58. The molecule has 4 nitrogen and oxygen atoms in total. The van der Waals surface area contributed by atoms with Crippen LogP contribution in [-0.4, -0.2) is 21.0 Å². The molecule has 0 aliphatic carbocycles. The van der Waals surface area contributed by atoms with Gasteiger partial charge >= 0.3 is 5.97 Å². The van der Waals surface area contributed by atoms with E-state index in [-0.39, 0.29) is 10.7 Å². The Morgan fingerprint density at radius 2 is 2.05 bits per heavy atom. The van der Waals surface area contributed by atoms with Gasteiger partial charge in [-0.3, -0.25) is 0 Å². The topological polar surface area (TPSA) is 63.1 Å². The second-order valence-corrected chi connectivity index (χ2v) is 4.27. The number of rotatable bonds is 3. The van der Waals surface area contributed by atoms with Crippen LogP contribution in [0.1, 0.15) is 23.1 Å². The maximum atomic E-state index is 13.4. The molecule has 0 spiro atoms. The molecule has 1 heterocycles. The van der Waals surface area contributed by atoms with E-state index in [2.05, 4.69) is 9.97 Å². The molecule has 2 rings (SSSR count). The molecule has 0 aliphatic rings. The van der Waals surface area contributed by atoms with Crippen LogP contribution < -0.4 is 0 Å². The lowest BCUT2D eigenvalue weighted by Gasteiger charge is -2.05. The van der Waals surface area contributed by atoms with Crippen molar-refractivity contribution in [3.05, 3.63) is 46.6 Å². The molecular formula is C13H10ClFN2O2. The number of benzene rings is 1. The Bertz CT molecular complexity index is 647. The van der Waals surface area contributed by atoms with Crippen molar-refractivity contribution in [1.29, 1.82) is 0 Å². The highest BCUT2D eigenvalue weighted by Crippen LogP contribution is 2.22. The molecule has 0 saturated heterocycles. The van der Waals surface area contributed by atoms with Gasteiger partial charge in [0, 0.05) is 18.1 Å². The lowest BCUT2D eigenvalue weighted by molar-refractivity contribution is 0.0696. The first kappa shape index (κ1) is 13.4. The summed E-state index contributed by atoms with van der Waals surface area (Å²) in [5.74, 6) is -1.32. The maximum Gasteiger partial charge on any atom is 0.335 e. The quantitative estimate of drug-likeness (QED) is 0.877. The van der Waals surface area contributed by atoms with Gasteiger partial charge in [0.15, 0.2) is 0 Å². The van der Waals surface area contributed by atoms with Gasteiger partial charge in [0.1, 0.15) is 16.8 Å². The molecule has 0 amide bonds. The van der Waals surface area contributed by atoms with Crippen LogP contribution in [0.3, 0.4) is 0 Å². The van der Waals surface area contributed by atoms with E-state index in [1.54, 1.807) is 0 Å². The van der Waals surface area contributed by atoms with Crippen LogP contribution >= 0.6 is 11.6 Å². The van der Waals surface area contributed by atoms with E-state index >= 15 is 0 Å². The van der Waals surface area contributed by atoms with Crippen molar-refractivity contribution >= 4 is 17.6 Å². The molecule has 19 heavy (non-hydrogen) atoms. The van der Waals surface area contributed by atoms with Gasteiger partial charge in [-0.15, -0.1) is 0 Å². The van der Waals surface area contributed by atoms with Crippen LogP contribution in [0.5, 0.6) is 0 Å². The lowest BCUT2D eigenvalue weighted by atomic mass is 10.1. The molecule has 0 radical (unpaired) electrons. The summed E-state index contributed by atoms with van der Waals surface area (Å²) in [4.78, 5) is 19.1. The molecule has 98 valence electrons. The normalized spacial score (nSPS) is 10.5. The fourth-order valence-electron chi connectivity index (χ4n) is 1.63. The molecule has 0 fully saturated rings. The van der Waals surface area contributed by atoms with Gasteiger partial charge in [-0.2, -0.15) is 0 Å². The predicted octanol–water partition coefficient (Wildman–Crippen LogP) is 3.20. The molecule has 6 heteroatoms. The summed E-state index contributed by atoms with van der Waals surface area (Å²) in [5, 5.41) is 9.15. The SMILES string of the molecule is CCc1nc(Cl)cc(-c2cc(F)cc(C(=O)O)c2)n1. The highest BCUT2D eigenvalue weighted by molar-refractivity contribution is 6.29. The number of hydrogen-bond donors (Lipinski definition) is 1. The first-order valence-electron chi connectivity index (χ1n) is 5.57. The molecule has 0 aliphatic heterocycles. The van der Waals surface area contributed by atoms with Crippen LogP contribution in [0, 0.1) is 5.82 Å². The monoisotopic (exact) mass is 280 g/mol. The van der Waals surface area contributed by atoms with Gasteiger partial charge in [-0.05, 0) is 18.2 Å². The van der Waals surface area contributed by atoms with Crippen LogP contribution in [0.4, 0.5) is 4.39 Å². The van der Waals surface area contributed by atoms with Crippen molar-refractivity contribution in [2.45, 2.75) is 13.3 Å². The second kappa shape index (κ2) is 5.32. The zero-order valence-electron chi connectivity index (χ0n) is 10.0. The summed E-state index contributed by atoms with van der Waals surface area (Å²) in [6.45, 7) is 1.86. The van der Waals surface area contributed by atoms with Gasteiger partial charge in [0.05, 0.1) is 11.3 Å². The highest BCUT2D eigenvalue weighted by Gasteiger charge is 2.11. The van der Waals surface area contributed by atoms with E-state index in [1.807, 2.05) is 6.92 Å². The number of carbonyl (C=O) groups is 1. The van der Waals surface area contributed by atoms with E-state index in [0.29, 0.717) is 23.5 Å².